The lowest BCUT2D eigenvalue weighted by atomic mass is 10.4. The number of ether oxygens (including phenoxy) is 1. The summed E-state index contributed by atoms with van der Waals surface area (Å²) in [5.41, 5.74) is 0. The summed E-state index contributed by atoms with van der Waals surface area (Å²) in [5, 5.41) is -1.02. The Hall–Kier alpha value is -0.390. The Balaban J connectivity index is 3.09. The quantitative estimate of drug-likeness (QED) is 0.718. The maximum Gasteiger partial charge on any atom is 0.573 e. The van der Waals surface area contributed by atoms with Gasteiger partial charge in [0, 0.05) is 6.07 Å². The second-order valence-corrected chi connectivity index (χ2v) is 3.22. The molecule has 14 heavy (non-hydrogen) atoms. The van der Waals surface area contributed by atoms with Crippen LogP contribution in [0.4, 0.5) is 13.2 Å². The third-order valence-corrected chi connectivity index (χ3v) is 2.01. The molecule has 0 saturated carbocycles. The van der Waals surface area contributed by atoms with Crippen LogP contribution in [0, 0.1) is 0 Å². The van der Waals surface area contributed by atoms with Crippen LogP contribution >= 0.6 is 34.8 Å². The van der Waals surface area contributed by atoms with Crippen molar-refractivity contribution < 1.29 is 17.9 Å². The molecule has 0 aliphatic heterocycles. The molecule has 78 valence electrons. The number of nitrogens with zero attached hydrogens (tertiary/aromatic N) is 1. The number of rotatable bonds is 1. The van der Waals surface area contributed by atoms with Gasteiger partial charge in [-0.2, -0.15) is 0 Å². The first-order valence-electron chi connectivity index (χ1n) is 3.07. The maximum absolute atomic E-state index is 11.8. The lowest BCUT2D eigenvalue weighted by Gasteiger charge is -2.10. The zero-order chi connectivity index (χ0) is 10.9. The van der Waals surface area contributed by atoms with Crippen LogP contribution in [0.3, 0.4) is 0 Å². The number of pyridine rings is 1. The fraction of sp³-hybridized carbons (Fsp3) is 0.167. The Kier molecular flexibility index (Phi) is 3.34. The fourth-order valence-electron chi connectivity index (χ4n) is 0.647. The predicted octanol–water partition coefficient (Wildman–Crippen LogP) is 3.94. The predicted molar refractivity (Wildman–Crippen MR) is 46.0 cm³/mol. The SMILES string of the molecule is FC(F)(F)Oc1cc(Cl)nc(Cl)c1Cl. The summed E-state index contributed by atoms with van der Waals surface area (Å²) in [5.74, 6) is -0.677. The minimum Gasteiger partial charge on any atom is -0.404 e. The molecule has 0 aliphatic carbocycles. The molecule has 1 aromatic heterocycles. The summed E-state index contributed by atoms with van der Waals surface area (Å²) < 4.78 is 38.9. The zero-order valence-corrected chi connectivity index (χ0v) is 8.47. The van der Waals surface area contributed by atoms with E-state index in [1.165, 1.54) is 0 Å². The van der Waals surface area contributed by atoms with Crippen molar-refractivity contribution in [3.05, 3.63) is 21.4 Å². The van der Waals surface area contributed by atoms with Gasteiger partial charge in [-0.3, -0.25) is 0 Å². The summed E-state index contributed by atoms with van der Waals surface area (Å²) in [6.45, 7) is 0. The van der Waals surface area contributed by atoms with Crippen LogP contribution in [-0.2, 0) is 0 Å². The van der Waals surface area contributed by atoms with Gasteiger partial charge in [0.1, 0.15) is 10.2 Å². The molecule has 0 fully saturated rings. The van der Waals surface area contributed by atoms with Gasteiger partial charge in [-0.05, 0) is 0 Å². The average Bonchev–Trinajstić information content (AvgIpc) is 1.96. The normalized spacial score (nSPS) is 11.6. The average molecular weight is 266 g/mol. The summed E-state index contributed by atoms with van der Waals surface area (Å²) in [6, 6.07) is 0.823. The van der Waals surface area contributed by atoms with Crippen molar-refractivity contribution in [1.82, 2.24) is 4.98 Å². The van der Waals surface area contributed by atoms with Crippen molar-refractivity contribution in [3.63, 3.8) is 0 Å². The molecule has 0 N–H and O–H groups in total. The van der Waals surface area contributed by atoms with E-state index in [0.717, 1.165) is 6.07 Å². The number of alkyl halides is 3. The molecule has 0 amide bonds. The summed E-state index contributed by atoms with van der Waals surface area (Å²) >= 11 is 16.1. The second-order valence-electron chi connectivity index (χ2n) is 2.10. The minimum absolute atomic E-state index is 0.237. The molecule has 0 atom stereocenters. The molecule has 0 spiro atoms. The first kappa shape index (κ1) is 11.7. The first-order valence-corrected chi connectivity index (χ1v) is 4.20. The third kappa shape index (κ3) is 3.08. The van der Waals surface area contributed by atoms with Crippen molar-refractivity contribution in [2.45, 2.75) is 6.36 Å². The van der Waals surface area contributed by atoms with Crippen LogP contribution in [-0.4, -0.2) is 11.3 Å². The van der Waals surface area contributed by atoms with E-state index in [-0.39, 0.29) is 10.3 Å². The van der Waals surface area contributed by atoms with E-state index in [4.69, 9.17) is 34.8 Å². The van der Waals surface area contributed by atoms with Gasteiger partial charge in [-0.1, -0.05) is 34.8 Å². The Labute approximate surface area is 91.5 Å². The highest BCUT2D eigenvalue weighted by Gasteiger charge is 2.32. The molecule has 0 radical (unpaired) electrons. The van der Waals surface area contributed by atoms with E-state index < -0.39 is 17.1 Å². The van der Waals surface area contributed by atoms with Crippen LogP contribution in [0.15, 0.2) is 6.07 Å². The highest BCUT2D eigenvalue weighted by molar-refractivity contribution is 6.42. The molecule has 0 aromatic carbocycles. The largest absolute Gasteiger partial charge is 0.573 e. The van der Waals surface area contributed by atoms with Gasteiger partial charge in [0.15, 0.2) is 10.9 Å². The van der Waals surface area contributed by atoms with Gasteiger partial charge >= 0.3 is 6.36 Å². The summed E-state index contributed by atoms with van der Waals surface area (Å²) in [4.78, 5) is 3.42. The smallest absolute Gasteiger partial charge is 0.404 e. The fourth-order valence-corrected chi connectivity index (χ4v) is 1.19. The van der Waals surface area contributed by atoms with Crippen LogP contribution < -0.4 is 4.74 Å². The van der Waals surface area contributed by atoms with E-state index >= 15 is 0 Å². The molecule has 1 rings (SSSR count). The number of hydrogen-bond donors (Lipinski definition) is 0. The molecule has 0 saturated heterocycles. The number of aromatic nitrogens is 1. The molecule has 1 aromatic rings. The topological polar surface area (TPSA) is 22.1 Å². The molecular formula is C6HCl3F3NO. The molecule has 8 heteroatoms. The summed E-state index contributed by atoms with van der Waals surface area (Å²) in [6.07, 6.45) is -4.85. The lowest BCUT2D eigenvalue weighted by Crippen LogP contribution is -2.17. The standard InChI is InChI=1S/C6HCl3F3NO/c7-3-1-2(14-6(10,11)12)4(8)5(9)13-3/h1H. The van der Waals surface area contributed by atoms with Gasteiger partial charge in [-0.15, -0.1) is 13.2 Å². The van der Waals surface area contributed by atoms with Crippen molar-refractivity contribution in [1.29, 1.82) is 0 Å². The minimum atomic E-state index is -4.85. The van der Waals surface area contributed by atoms with Crippen molar-refractivity contribution in [2.75, 3.05) is 0 Å². The molecule has 2 nitrogen and oxygen atoms in total. The van der Waals surface area contributed by atoms with Gasteiger partial charge in [0.05, 0.1) is 0 Å². The van der Waals surface area contributed by atoms with Crippen molar-refractivity contribution in [3.8, 4) is 5.75 Å². The highest BCUT2D eigenvalue weighted by atomic mass is 35.5. The van der Waals surface area contributed by atoms with Crippen LogP contribution in [0.25, 0.3) is 0 Å². The van der Waals surface area contributed by atoms with E-state index in [9.17, 15) is 13.2 Å². The van der Waals surface area contributed by atoms with E-state index in [0.29, 0.717) is 0 Å². The number of hydrogen-bond acceptors (Lipinski definition) is 2. The summed E-state index contributed by atoms with van der Waals surface area (Å²) in [7, 11) is 0. The van der Waals surface area contributed by atoms with Crippen LogP contribution in [0.2, 0.25) is 15.3 Å². The van der Waals surface area contributed by atoms with E-state index in [2.05, 4.69) is 9.72 Å². The first-order chi connectivity index (χ1) is 6.29. The maximum atomic E-state index is 11.8. The third-order valence-electron chi connectivity index (χ3n) is 1.08. The van der Waals surface area contributed by atoms with Gasteiger partial charge < -0.3 is 4.74 Å². The molecular weight excluding hydrogens is 265 g/mol. The Morgan fingerprint density at radius 1 is 1.21 bits per heavy atom. The Morgan fingerprint density at radius 2 is 1.79 bits per heavy atom. The van der Waals surface area contributed by atoms with Crippen molar-refractivity contribution in [2.24, 2.45) is 0 Å². The second kappa shape index (κ2) is 4.00. The molecule has 0 unspecified atom stereocenters. The van der Waals surface area contributed by atoms with E-state index in [1.807, 2.05) is 0 Å². The van der Waals surface area contributed by atoms with Gasteiger partial charge in [0.2, 0.25) is 0 Å². The van der Waals surface area contributed by atoms with Crippen LogP contribution in [0.5, 0.6) is 5.75 Å². The lowest BCUT2D eigenvalue weighted by molar-refractivity contribution is -0.274. The number of halogens is 6. The monoisotopic (exact) mass is 265 g/mol. The van der Waals surface area contributed by atoms with Crippen molar-refractivity contribution >= 4 is 34.8 Å². The highest BCUT2D eigenvalue weighted by Crippen LogP contribution is 2.35. The van der Waals surface area contributed by atoms with E-state index in [1.54, 1.807) is 0 Å². The Morgan fingerprint density at radius 3 is 2.29 bits per heavy atom. The van der Waals surface area contributed by atoms with Crippen LogP contribution in [0.1, 0.15) is 0 Å². The Bertz CT molecular complexity index is 355. The molecule has 1 heterocycles. The molecule has 0 aliphatic rings. The van der Waals surface area contributed by atoms with Gasteiger partial charge in [-0.25, -0.2) is 4.98 Å². The zero-order valence-electron chi connectivity index (χ0n) is 6.20. The van der Waals surface area contributed by atoms with Gasteiger partial charge in [0.25, 0.3) is 0 Å². The molecule has 0 bridgehead atoms.